The summed E-state index contributed by atoms with van der Waals surface area (Å²) < 4.78 is 5.30. The van der Waals surface area contributed by atoms with Gasteiger partial charge in [-0.05, 0) is 40.5 Å². The molecule has 0 saturated carbocycles. The van der Waals surface area contributed by atoms with Gasteiger partial charge in [-0.2, -0.15) is 0 Å². The minimum absolute atomic E-state index is 0.384. The van der Waals surface area contributed by atoms with E-state index >= 15 is 0 Å². The summed E-state index contributed by atoms with van der Waals surface area (Å²) >= 11 is 0. The third-order valence-corrected chi connectivity index (χ3v) is 1.93. The zero-order valence-electron chi connectivity index (χ0n) is 10.8. The van der Waals surface area contributed by atoms with E-state index in [0.717, 1.165) is 5.57 Å². The lowest BCUT2D eigenvalue weighted by atomic mass is 9.89. The molecule has 0 aliphatic rings. The molecule has 1 atom stereocenters. The summed E-state index contributed by atoms with van der Waals surface area (Å²) in [6.45, 7) is 14.7. The van der Waals surface area contributed by atoms with Crippen molar-refractivity contribution in [1.82, 2.24) is 0 Å². The quantitative estimate of drug-likeness (QED) is 0.578. The van der Waals surface area contributed by atoms with Crippen LogP contribution < -0.4 is 5.73 Å². The van der Waals surface area contributed by atoms with Gasteiger partial charge in [-0.15, -0.1) is 13.2 Å². The minimum Gasteiger partial charge on any atom is -0.459 e. The third-order valence-electron chi connectivity index (χ3n) is 1.93. The Morgan fingerprint density at radius 2 is 1.94 bits per heavy atom. The Hall–Kier alpha value is -1.09. The van der Waals surface area contributed by atoms with Crippen LogP contribution in [-0.2, 0) is 9.53 Å². The van der Waals surface area contributed by atoms with E-state index in [1.54, 1.807) is 6.08 Å². The predicted octanol–water partition coefficient (Wildman–Crippen LogP) is 2.57. The first-order valence-electron chi connectivity index (χ1n) is 5.38. The lowest BCUT2D eigenvalue weighted by Gasteiger charge is -2.30. The van der Waals surface area contributed by atoms with Crippen molar-refractivity contribution in [3.8, 4) is 0 Å². The molecular weight excluding hydrogens is 202 g/mol. The van der Waals surface area contributed by atoms with Gasteiger partial charge >= 0.3 is 5.97 Å². The number of carbonyl (C=O) groups is 1. The molecule has 16 heavy (non-hydrogen) atoms. The number of rotatable bonds is 5. The predicted molar refractivity (Wildman–Crippen MR) is 67.0 cm³/mol. The Labute approximate surface area is 98.4 Å². The van der Waals surface area contributed by atoms with Crippen molar-refractivity contribution in [2.75, 3.05) is 0 Å². The molecule has 0 saturated heterocycles. The summed E-state index contributed by atoms with van der Waals surface area (Å²) in [5.41, 5.74) is 5.34. The molecular formula is C13H23NO2. The van der Waals surface area contributed by atoms with Crippen LogP contribution in [0.4, 0.5) is 0 Å². The van der Waals surface area contributed by atoms with Gasteiger partial charge in [-0.1, -0.05) is 11.6 Å². The molecule has 0 aliphatic carbocycles. The molecule has 3 nitrogen and oxygen atoms in total. The van der Waals surface area contributed by atoms with Gasteiger partial charge in [0.2, 0.25) is 0 Å². The fourth-order valence-corrected chi connectivity index (χ4v) is 1.40. The first-order chi connectivity index (χ1) is 7.10. The van der Waals surface area contributed by atoms with Gasteiger partial charge < -0.3 is 10.5 Å². The smallest absolute Gasteiger partial charge is 0.327 e. The molecule has 0 bridgehead atoms. The molecule has 0 aliphatic heterocycles. The maximum atomic E-state index is 12.0. The minimum atomic E-state index is -1.04. The molecule has 0 aromatic heterocycles. The maximum absolute atomic E-state index is 12.0. The van der Waals surface area contributed by atoms with E-state index in [0.29, 0.717) is 12.8 Å². The molecule has 0 unspecified atom stereocenters. The molecule has 92 valence electrons. The van der Waals surface area contributed by atoms with Crippen LogP contribution in [0.3, 0.4) is 0 Å². The van der Waals surface area contributed by atoms with Gasteiger partial charge in [-0.3, -0.25) is 4.79 Å². The molecule has 0 heterocycles. The Bertz CT molecular complexity index is 289. The van der Waals surface area contributed by atoms with Gasteiger partial charge in [0.25, 0.3) is 0 Å². The SMILES string of the molecule is C=CC[C@@](N)(CC(=C)C)C(=O)OC(C)(C)C. The Kier molecular flexibility index (Phi) is 4.94. The second kappa shape index (κ2) is 5.30. The number of nitrogens with two attached hydrogens (primary N) is 1. The van der Waals surface area contributed by atoms with Crippen molar-refractivity contribution in [2.24, 2.45) is 5.73 Å². The second-order valence-electron chi connectivity index (χ2n) is 5.28. The summed E-state index contributed by atoms with van der Waals surface area (Å²) in [6.07, 6.45) is 2.43. The van der Waals surface area contributed by atoms with Crippen molar-refractivity contribution in [1.29, 1.82) is 0 Å². The lowest BCUT2D eigenvalue weighted by Crippen LogP contribution is -2.50. The number of carbonyl (C=O) groups excluding carboxylic acids is 1. The molecule has 0 rings (SSSR count). The topological polar surface area (TPSA) is 52.3 Å². The number of hydrogen-bond acceptors (Lipinski definition) is 3. The highest BCUT2D eigenvalue weighted by Crippen LogP contribution is 2.22. The molecule has 0 fully saturated rings. The molecule has 3 heteroatoms. The fraction of sp³-hybridized carbons (Fsp3) is 0.615. The van der Waals surface area contributed by atoms with E-state index in [9.17, 15) is 4.79 Å². The highest BCUT2D eigenvalue weighted by Gasteiger charge is 2.36. The Morgan fingerprint density at radius 3 is 2.25 bits per heavy atom. The second-order valence-corrected chi connectivity index (χ2v) is 5.28. The van der Waals surface area contributed by atoms with E-state index in [2.05, 4.69) is 13.2 Å². The highest BCUT2D eigenvalue weighted by atomic mass is 16.6. The van der Waals surface area contributed by atoms with Crippen LogP contribution in [0.5, 0.6) is 0 Å². The van der Waals surface area contributed by atoms with Crippen LogP contribution in [0.1, 0.15) is 40.5 Å². The van der Waals surface area contributed by atoms with Crippen molar-refractivity contribution < 1.29 is 9.53 Å². The first kappa shape index (κ1) is 14.9. The summed E-state index contributed by atoms with van der Waals surface area (Å²) in [5, 5.41) is 0. The van der Waals surface area contributed by atoms with E-state index in [1.165, 1.54) is 0 Å². The van der Waals surface area contributed by atoms with Gasteiger partial charge in [-0.25, -0.2) is 0 Å². The summed E-state index contributed by atoms with van der Waals surface area (Å²) in [7, 11) is 0. The molecule has 0 spiro atoms. The average Bonchev–Trinajstić information content (AvgIpc) is 1.99. The number of esters is 1. The van der Waals surface area contributed by atoms with Crippen LogP contribution in [0, 0.1) is 0 Å². The highest BCUT2D eigenvalue weighted by molar-refractivity contribution is 5.81. The van der Waals surface area contributed by atoms with Gasteiger partial charge in [0.15, 0.2) is 0 Å². The van der Waals surface area contributed by atoms with Crippen molar-refractivity contribution >= 4 is 5.97 Å². The van der Waals surface area contributed by atoms with Gasteiger partial charge in [0.1, 0.15) is 11.1 Å². The molecule has 2 N–H and O–H groups in total. The standard InChI is InChI=1S/C13H23NO2/c1-7-8-13(14,9-10(2)3)11(15)16-12(4,5)6/h7H,1-2,8-9,14H2,3-6H3/t13-/m1/s1. The van der Waals surface area contributed by atoms with Crippen molar-refractivity contribution in [2.45, 2.75) is 51.7 Å². The lowest BCUT2D eigenvalue weighted by molar-refractivity contribution is -0.161. The van der Waals surface area contributed by atoms with Gasteiger partial charge in [0.05, 0.1) is 0 Å². The first-order valence-corrected chi connectivity index (χ1v) is 5.38. The Balaban J connectivity index is 4.82. The molecule has 0 aromatic rings. The largest absolute Gasteiger partial charge is 0.459 e. The zero-order chi connectivity index (χ0) is 13.0. The van der Waals surface area contributed by atoms with Crippen LogP contribution in [0.15, 0.2) is 24.8 Å². The summed E-state index contributed by atoms with van der Waals surface area (Å²) in [6, 6.07) is 0. The Morgan fingerprint density at radius 1 is 1.44 bits per heavy atom. The van der Waals surface area contributed by atoms with Crippen LogP contribution in [0.2, 0.25) is 0 Å². The number of hydrogen-bond donors (Lipinski definition) is 1. The number of ether oxygens (including phenoxy) is 1. The van der Waals surface area contributed by atoms with Crippen molar-refractivity contribution in [3.63, 3.8) is 0 Å². The molecule has 0 aromatic carbocycles. The zero-order valence-corrected chi connectivity index (χ0v) is 10.8. The van der Waals surface area contributed by atoms with Crippen LogP contribution in [0.25, 0.3) is 0 Å². The van der Waals surface area contributed by atoms with E-state index in [1.807, 2.05) is 27.7 Å². The van der Waals surface area contributed by atoms with Crippen molar-refractivity contribution in [3.05, 3.63) is 24.8 Å². The monoisotopic (exact) mass is 225 g/mol. The maximum Gasteiger partial charge on any atom is 0.327 e. The average molecular weight is 225 g/mol. The summed E-state index contributed by atoms with van der Waals surface area (Å²) in [5.74, 6) is -0.400. The third kappa shape index (κ3) is 5.12. The van der Waals surface area contributed by atoms with E-state index in [-0.39, 0.29) is 0 Å². The van der Waals surface area contributed by atoms with E-state index < -0.39 is 17.1 Å². The fourth-order valence-electron chi connectivity index (χ4n) is 1.40. The van der Waals surface area contributed by atoms with Crippen LogP contribution >= 0.6 is 0 Å². The summed E-state index contributed by atoms with van der Waals surface area (Å²) in [4.78, 5) is 12.0. The normalized spacial score (nSPS) is 15.1. The van der Waals surface area contributed by atoms with E-state index in [4.69, 9.17) is 10.5 Å². The molecule has 0 radical (unpaired) electrons. The van der Waals surface area contributed by atoms with Crippen LogP contribution in [-0.4, -0.2) is 17.1 Å². The van der Waals surface area contributed by atoms with Gasteiger partial charge in [0, 0.05) is 0 Å². The molecule has 0 amide bonds.